The van der Waals surface area contributed by atoms with Crippen LogP contribution in [-0.2, 0) is 13.1 Å². The Hall–Kier alpha value is -1.32. The highest BCUT2D eigenvalue weighted by Gasteiger charge is 2.18. The van der Waals surface area contributed by atoms with Gasteiger partial charge in [0.1, 0.15) is 11.3 Å². The lowest BCUT2D eigenvalue weighted by Crippen LogP contribution is -2.30. The number of hydrogen-bond donors (Lipinski definition) is 1. The summed E-state index contributed by atoms with van der Waals surface area (Å²) < 4.78 is 6.06. The number of rotatable bonds is 8. The first-order valence-corrected chi connectivity index (χ1v) is 8.11. The van der Waals surface area contributed by atoms with Gasteiger partial charge in [-0.15, -0.1) is 0 Å². The van der Waals surface area contributed by atoms with E-state index >= 15 is 0 Å². The SMILES string of the molecule is CCNCc1oc2ccccc2c1CN(C)C(CC)CC. The van der Waals surface area contributed by atoms with E-state index in [4.69, 9.17) is 4.42 Å². The Morgan fingerprint density at radius 1 is 1.14 bits per heavy atom. The third kappa shape index (κ3) is 3.66. The molecule has 3 nitrogen and oxygen atoms in total. The van der Waals surface area contributed by atoms with Crippen molar-refractivity contribution in [1.29, 1.82) is 0 Å². The van der Waals surface area contributed by atoms with Crippen LogP contribution in [0, 0.1) is 0 Å². The molecule has 116 valence electrons. The van der Waals surface area contributed by atoms with Gasteiger partial charge in [-0.25, -0.2) is 0 Å². The summed E-state index contributed by atoms with van der Waals surface area (Å²) in [5.41, 5.74) is 2.33. The highest BCUT2D eigenvalue weighted by Crippen LogP contribution is 2.27. The maximum absolute atomic E-state index is 6.06. The molecule has 0 aliphatic rings. The van der Waals surface area contributed by atoms with Gasteiger partial charge in [0.25, 0.3) is 0 Å². The quantitative estimate of drug-likeness (QED) is 0.790. The summed E-state index contributed by atoms with van der Waals surface area (Å²) in [5.74, 6) is 1.08. The minimum Gasteiger partial charge on any atom is -0.459 e. The number of nitrogens with one attached hydrogen (secondary N) is 1. The number of hydrogen-bond acceptors (Lipinski definition) is 3. The first-order chi connectivity index (χ1) is 10.2. The standard InChI is InChI=1S/C18H28N2O/c1-5-14(6-2)20(4)13-16-15-10-8-9-11-17(15)21-18(16)12-19-7-3/h8-11,14,19H,5-7,12-13H2,1-4H3. The van der Waals surface area contributed by atoms with Gasteiger partial charge in [-0.3, -0.25) is 4.90 Å². The van der Waals surface area contributed by atoms with E-state index in [1.165, 1.54) is 23.8 Å². The first kappa shape index (κ1) is 16.1. The summed E-state index contributed by atoms with van der Waals surface area (Å²) in [6.45, 7) is 9.36. The second-order valence-corrected chi connectivity index (χ2v) is 5.67. The van der Waals surface area contributed by atoms with Crippen molar-refractivity contribution in [3.05, 3.63) is 35.6 Å². The topological polar surface area (TPSA) is 28.4 Å². The predicted octanol–water partition coefficient (Wildman–Crippen LogP) is 4.16. The van der Waals surface area contributed by atoms with Crippen molar-refractivity contribution in [2.24, 2.45) is 0 Å². The molecule has 0 aliphatic carbocycles. The van der Waals surface area contributed by atoms with Crippen LogP contribution in [0.25, 0.3) is 11.0 Å². The second kappa shape index (κ2) is 7.62. The molecule has 0 saturated carbocycles. The van der Waals surface area contributed by atoms with E-state index in [0.29, 0.717) is 6.04 Å². The zero-order valence-corrected chi connectivity index (χ0v) is 13.8. The van der Waals surface area contributed by atoms with E-state index in [9.17, 15) is 0 Å². The third-order valence-electron chi connectivity index (χ3n) is 4.29. The van der Waals surface area contributed by atoms with E-state index in [0.717, 1.165) is 31.0 Å². The fourth-order valence-corrected chi connectivity index (χ4v) is 2.99. The Bertz CT molecular complexity index is 557. The number of nitrogens with zero attached hydrogens (tertiary/aromatic N) is 1. The van der Waals surface area contributed by atoms with E-state index in [2.05, 4.69) is 56.2 Å². The van der Waals surface area contributed by atoms with Gasteiger partial charge in [0.15, 0.2) is 0 Å². The van der Waals surface area contributed by atoms with Crippen LogP contribution in [0.2, 0.25) is 0 Å². The average molecular weight is 288 g/mol. The van der Waals surface area contributed by atoms with Crippen LogP contribution in [0.3, 0.4) is 0 Å². The summed E-state index contributed by atoms with van der Waals surface area (Å²) in [6.07, 6.45) is 2.37. The van der Waals surface area contributed by atoms with Crippen molar-refractivity contribution in [3.8, 4) is 0 Å². The molecular weight excluding hydrogens is 260 g/mol. The Balaban J connectivity index is 2.30. The lowest BCUT2D eigenvalue weighted by atomic mass is 10.1. The van der Waals surface area contributed by atoms with Gasteiger partial charge in [0.05, 0.1) is 6.54 Å². The molecule has 0 fully saturated rings. The van der Waals surface area contributed by atoms with Gasteiger partial charge >= 0.3 is 0 Å². The van der Waals surface area contributed by atoms with E-state index < -0.39 is 0 Å². The molecule has 0 aliphatic heterocycles. The molecule has 0 spiro atoms. The van der Waals surface area contributed by atoms with Crippen molar-refractivity contribution in [1.82, 2.24) is 10.2 Å². The van der Waals surface area contributed by atoms with Crippen LogP contribution >= 0.6 is 0 Å². The molecule has 2 aromatic rings. The van der Waals surface area contributed by atoms with Crippen LogP contribution in [0.1, 0.15) is 44.9 Å². The van der Waals surface area contributed by atoms with Crippen molar-refractivity contribution in [2.45, 2.75) is 52.7 Å². The van der Waals surface area contributed by atoms with Crippen molar-refractivity contribution >= 4 is 11.0 Å². The maximum atomic E-state index is 6.06. The van der Waals surface area contributed by atoms with Gasteiger partial charge in [0, 0.05) is 23.5 Å². The molecule has 21 heavy (non-hydrogen) atoms. The number of fused-ring (bicyclic) bond motifs is 1. The lowest BCUT2D eigenvalue weighted by molar-refractivity contribution is 0.220. The molecule has 2 rings (SSSR count). The number of benzene rings is 1. The van der Waals surface area contributed by atoms with Crippen LogP contribution < -0.4 is 5.32 Å². The maximum Gasteiger partial charge on any atom is 0.134 e. The summed E-state index contributed by atoms with van der Waals surface area (Å²) in [7, 11) is 2.22. The smallest absolute Gasteiger partial charge is 0.134 e. The third-order valence-corrected chi connectivity index (χ3v) is 4.29. The molecule has 1 N–H and O–H groups in total. The van der Waals surface area contributed by atoms with Crippen LogP contribution in [-0.4, -0.2) is 24.5 Å². The molecular formula is C18H28N2O. The fourth-order valence-electron chi connectivity index (χ4n) is 2.99. The molecule has 1 aromatic carbocycles. The first-order valence-electron chi connectivity index (χ1n) is 8.11. The van der Waals surface area contributed by atoms with E-state index in [1.54, 1.807) is 0 Å². The van der Waals surface area contributed by atoms with Crippen molar-refractivity contribution in [3.63, 3.8) is 0 Å². The number of furan rings is 1. The molecule has 3 heteroatoms. The molecule has 0 saturated heterocycles. The monoisotopic (exact) mass is 288 g/mol. The van der Waals surface area contributed by atoms with Gasteiger partial charge in [-0.05, 0) is 32.5 Å². The Labute approximate surface area is 128 Å². The summed E-state index contributed by atoms with van der Waals surface area (Å²) >= 11 is 0. The molecule has 0 radical (unpaired) electrons. The van der Waals surface area contributed by atoms with Gasteiger partial charge in [-0.1, -0.05) is 39.0 Å². The molecule has 1 aromatic heterocycles. The lowest BCUT2D eigenvalue weighted by Gasteiger charge is -2.26. The predicted molar refractivity (Wildman–Crippen MR) is 89.4 cm³/mol. The summed E-state index contributed by atoms with van der Waals surface area (Å²) in [4.78, 5) is 2.45. The Kier molecular flexibility index (Phi) is 5.83. The van der Waals surface area contributed by atoms with Crippen molar-refractivity contribution < 1.29 is 4.42 Å². The molecule has 0 unspecified atom stereocenters. The Morgan fingerprint density at radius 3 is 2.52 bits per heavy atom. The fraction of sp³-hybridized carbons (Fsp3) is 0.556. The second-order valence-electron chi connectivity index (χ2n) is 5.67. The van der Waals surface area contributed by atoms with Crippen LogP contribution in [0.4, 0.5) is 0 Å². The molecule has 1 heterocycles. The number of para-hydroxylation sites is 1. The van der Waals surface area contributed by atoms with Gasteiger partial charge in [0.2, 0.25) is 0 Å². The molecule has 0 amide bonds. The minimum absolute atomic E-state index is 0.630. The van der Waals surface area contributed by atoms with Crippen LogP contribution in [0.15, 0.2) is 28.7 Å². The zero-order chi connectivity index (χ0) is 15.2. The Morgan fingerprint density at radius 2 is 1.86 bits per heavy atom. The normalized spacial score (nSPS) is 11.9. The van der Waals surface area contributed by atoms with Gasteiger partial charge in [-0.2, -0.15) is 0 Å². The average Bonchev–Trinajstić information content (AvgIpc) is 2.84. The van der Waals surface area contributed by atoms with Crippen LogP contribution in [0.5, 0.6) is 0 Å². The summed E-state index contributed by atoms with van der Waals surface area (Å²) in [6, 6.07) is 8.99. The van der Waals surface area contributed by atoms with Crippen molar-refractivity contribution in [2.75, 3.05) is 13.6 Å². The highest BCUT2D eigenvalue weighted by atomic mass is 16.3. The zero-order valence-electron chi connectivity index (χ0n) is 13.8. The van der Waals surface area contributed by atoms with E-state index in [1.807, 2.05) is 6.07 Å². The largest absolute Gasteiger partial charge is 0.459 e. The highest BCUT2D eigenvalue weighted by molar-refractivity contribution is 5.82. The van der Waals surface area contributed by atoms with Gasteiger partial charge < -0.3 is 9.73 Å². The molecule has 0 atom stereocenters. The molecule has 0 bridgehead atoms. The minimum atomic E-state index is 0.630. The van der Waals surface area contributed by atoms with E-state index in [-0.39, 0.29) is 0 Å². The summed E-state index contributed by atoms with van der Waals surface area (Å²) in [5, 5.41) is 4.64.